The smallest absolute Gasteiger partial charge is 0.154 e. The van der Waals surface area contributed by atoms with Crippen LogP contribution < -0.4 is 10.6 Å². The summed E-state index contributed by atoms with van der Waals surface area (Å²) in [6, 6.07) is 10.0. The summed E-state index contributed by atoms with van der Waals surface area (Å²) in [5, 5.41) is 6.53. The summed E-state index contributed by atoms with van der Waals surface area (Å²) in [6.45, 7) is 13.7. The molecule has 0 heterocycles. The van der Waals surface area contributed by atoms with E-state index in [0.717, 1.165) is 17.8 Å². The third-order valence-electron chi connectivity index (χ3n) is 3.36. The standard InChI is InChI=1S/C18H26N2O/c1-6-18(21)15(5)20-14(4)17(19-13(2)3)12-16-10-8-7-9-11-16/h7-11,15,17,19-20H,2,4,6,12H2,1,3,5H3/t15-,17-/m0/s1. The molecule has 3 heteroatoms. The number of ketones is 1. The highest BCUT2D eigenvalue weighted by Gasteiger charge is 2.17. The van der Waals surface area contributed by atoms with E-state index < -0.39 is 0 Å². The van der Waals surface area contributed by atoms with E-state index in [4.69, 9.17) is 0 Å². The van der Waals surface area contributed by atoms with Crippen LogP contribution in [0, 0.1) is 0 Å². The number of hydrogen-bond donors (Lipinski definition) is 2. The van der Waals surface area contributed by atoms with E-state index >= 15 is 0 Å². The van der Waals surface area contributed by atoms with Gasteiger partial charge in [0.2, 0.25) is 0 Å². The minimum Gasteiger partial charge on any atom is -0.380 e. The van der Waals surface area contributed by atoms with Crippen molar-refractivity contribution in [2.24, 2.45) is 0 Å². The van der Waals surface area contributed by atoms with E-state index in [1.165, 1.54) is 5.56 Å². The first kappa shape index (κ1) is 17.0. The van der Waals surface area contributed by atoms with Crippen molar-refractivity contribution in [1.82, 2.24) is 10.6 Å². The van der Waals surface area contributed by atoms with Crippen molar-refractivity contribution in [3.63, 3.8) is 0 Å². The molecule has 0 fully saturated rings. The van der Waals surface area contributed by atoms with Crippen LogP contribution in [0.1, 0.15) is 32.8 Å². The fourth-order valence-corrected chi connectivity index (χ4v) is 2.17. The van der Waals surface area contributed by atoms with Gasteiger partial charge in [-0.05, 0) is 25.8 Å². The van der Waals surface area contributed by atoms with Crippen molar-refractivity contribution in [2.45, 2.75) is 45.7 Å². The molecular weight excluding hydrogens is 260 g/mol. The van der Waals surface area contributed by atoms with Crippen molar-refractivity contribution in [1.29, 1.82) is 0 Å². The molecule has 0 saturated carbocycles. The van der Waals surface area contributed by atoms with Crippen LogP contribution in [0.3, 0.4) is 0 Å². The number of carbonyl (C=O) groups excluding carboxylic acids is 1. The molecule has 0 aliphatic carbocycles. The molecule has 2 atom stereocenters. The molecule has 1 aromatic rings. The fraction of sp³-hybridized carbons (Fsp3) is 0.389. The molecule has 1 rings (SSSR count). The van der Waals surface area contributed by atoms with Crippen molar-refractivity contribution < 1.29 is 4.79 Å². The summed E-state index contributed by atoms with van der Waals surface area (Å²) in [5.41, 5.74) is 2.91. The molecule has 0 amide bonds. The van der Waals surface area contributed by atoms with Gasteiger partial charge in [-0.25, -0.2) is 0 Å². The van der Waals surface area contributed by atoms with E-state index in [2.05, 4.69) is 35.9 Å². The lowest BCUT2D eigenvalue weighted by atomic mass is 10.0. The number of Topliss-reactive ketones (excluding diaryl/α,β-unsaturated/α-hetero) is 1. The monoisotopic (exact) mass is 286 g/mol. The van der Waals surface area contributed by atoms with Crippen LogP contribution in [0.4, 0.5) is 0 Å². The number of nitrogens with one attached hydrogen (secondary N) is 2. The summed E-state index contributed by atoms with van der Waals surface area (Å²) >= 11 is 0. The van der Waals surface area contributed by atoms with E-state index in [-0.39, 0.29) is 17.9 Å². The van der Waals surface area contributed by atoms with E-state index in [0.29, 0.717) is 6.42 Å². The SMILES string of the molecule is C=C(C)N[C@@H](Cc1ccccc1)C(=C)N[C@@H](C)C(=O)CC. The van der Waals surface area contributed by atoms with E-state index in [1.807, 2.05) is 39.0 Å². The normalized spacial score (nSPS) is 13.1. The molecule has 2 N–H and O–H groups in total. The predicted octanol–water partition coefficient (Wildman–Crippen LogP) is 3.19. The second kappa shape index (κ2) is 8.30. The van der Waals surface area contributed by atoms with Crippen LogP contribution in [-0.2, 0) is 11.2 Å². The Kier molecular flexibility index (Phi) is 6.73. The van der Waals surface area contributed by atoms with Crippen molar-refractivity contribution in [2.75, 3.05) is 0 Å². The topological polar surface area (TPSA) is 41.1 Å². The minimum absolute atomic E-state index is 0.0111. The number of allylic oxidation sites excluding steroid dienone is 1. The first-order valence-corrected chi connectivity index (χ1v) is 7.38. The predicted molar refractivity (Wildman–Crippen MR) is 88.9 cm³/mol. The lowest BCUT2D eigenvalue weighted by Gasteiger charge is -2.25. The average Bonchev–Trinajstić information content (AvgIpc) is 2.46. The van der Waals surface area contributed by atoms with Gasteiger partial charge in [0, 0.05) is 17.8 Å². The van der Waals surface area contributed by atoms with Gasteiger partial charge in [0.05, 0.1) is 12.1 Å². The van der Waals surface area contributed by atoms with Gasteiger partial charge in [-0.3, -0.25) is 4.79 Å². The van der Waals surface area contributed by atoms with Gasteiger partial charge in [-0.2, -0.15) is 0 Å². The van der Waals surface area contributed by atoms with Crippen LogP contribution in [-0.4, -0.2) is 17.9 Å². The highest BCUT2D eigenvalue weighted by Crippen LogP contribution is 2.10. The zero-order valence-electron chi connectivity index (χ0n) is 13.3. The van der Waals surface area contributed by atoms with E-state index in [1.54, 1.807) is 0 Å². The van der Waals surface area contributed by atoms with Gasteiger partial charge in [0.15, 0.2) is 5.78 Å². The maximum Gasteiger partial charge on any atom is 0.154 e. The third kappa shape index (κ3) is 5.86. The third-order valence-corrected chi connectivity index (χ3v) is 3.36. The molecule has 3 nitrogen and oxygen atoms in total. The lowest BCUT2D eigenvalue weighted by Crippen LogP contribution is -2.42. The molecule has 0 aliphatic heterocycles. The van der Waals surface area contributed by atoms with E-state index in [9.17, 15) is 4.79 Å². The average molecular weight is 286 g/mol. The van der Waals surface area contributed by atoms with Gasteiger partial charge in [0.1, 0.15) is 0 Å². The molecule has 0 spiro atoms. The van der Waals surface area contributed by atoms with Crippen LogP contribution in [0.2, 0.25) is 0 Å². The minimum atomic E-state index is -0.215. The summed E-state index contributed by atoms with van der Waals surface area (Å²) < 4.78 is 0. The maximum absolute atomic E-state index is 11.7. The molecule has 0 unspecified atom stereocenters. The quantitative estimate of drug-likeness (QED) is 0.732. The van der Waals surface area contributed by atoms with Gasteiger partial charge in [0.25, 0.3) is 0 Å². The molecule has 1 aromatic carbocycles. The Bertz CT molecular complexity index is 493. The number of benzene rings is 1. The Morgan fingerprint density at radius 1 is 1.19 bits per heavy atom. The second-order valence-electron chi connectivity index (χ2n) is 5.38. The Balaban J connectivity index is 2.75. The van der Waals surface area contributed by atoms with Crippen molar-refractivity contribution in [3.8, 4) is 0 Å². The number of rotatable bonds is 9. The van der Waals surface area contributed by atoms with Gasteiger partial charge >= 0.3 is 0 Å². The largest absolute Gasteiger partial charge is 0.380 e. The molecule has 21 heavy (non-hydrogen) atoms. The fourth-order valence-electron chi connectivity index (χ4n) is 2.17. The molecule has 114 valence electrons. The second-order valence-corrected chi connectivity index (χ2v) is 5.38. The van der Waals surface area contributed by atoms with Crippen molar-refractivity contribution >= 4 is 5.78 Å². The maximum atomic E-state index is 11.7. The molecular formula is C18H26N2O. The van der Waals surface area contributed by atoms with Crippen LogP contribution in [0.25, 0.3) is 0 Å². The molecule has 0 aliphatic rings. The zero-order chi connectivity index (χ0) is 15.8. The zero-order valence-corrected chi connectivity index (χ0v) is 13.3. The Hall–Kier alpha value is -2.03. The highest BCUT2D eigenvalue weighted by atomic mass is 16.1. The number of carbonyl (C=O) groups is 1. The Morgan fingerprint density at radius 2 is 1.81 bits per heavy atom. The summed E-state index contributed by atoms with van der Waals surface area (Å²) in [7, 11) is 0. The molecule has 0 aromatic heterocycles. The summed E-state index contributed by atoms with van der Waals surface area (Å²) in [5.74, 6) is 0.185. The first-order chi connectivity index (χ1) is 9.93. The van der Waals surface area contributed by atoms with Gasteiger partial charge < -0.3 is 10.6 Å². The van der Waals surface area contributed by atoms with Gasteiger partial charge in [-0.15, -0.1) is 0 Å². The Morgan fingerprint density at radius 3 is 2.33 bits per heavy atom. The molecule has 0 bridgehead atoms. The first-order valence-electron chi connectivity index (χ1n) is 7.38. The number of hydrogen-bond acceptors (Lipinski definition) is 3. The van der Waals surface area contributed by atoms with Gasteiger partial charge in [-0.1, -0.05) is 50.4 Å². The summed E-state index contributed by atoms with van der Waals surface area (Å²) in [6.07, 6.45) is 1.32. The lowest BCUT2D eigenvalue weighted by molar-refractivity contribution is -0.120. The molecule has 0 saturated heterocycles. The molecule has 0 radical (unpaired) electrons. The van der Waals surface area contributed by atoms with Crippen LogP contribution >= 0.6 is 0 Å². The highest BCUT2D eigenvalue weighted by molar-refractivity contribution is 5.83. The van der Waals surface area contributed by atoms with Crippen molar-refractivity contribution in [3.05, 3.63) is 60.4 Å². The Labute approximate surface area is 128 Å². The van der Waals surface area contributed by atoms with Crippen LogP contribution in [0.15, 0.2) is 54.9 Å². The van der Waals surface area contributed by atoms with Crippen LogP contribution in [0.5, 0.6) is 0 Å². The summed E-state index contributed by atoms with van der Waals surface area (Å²) in [4.78, 5) is 11.7.